The predicted molar refractivity (Wildman–Crippen MR) is 79.9 cm³/mol. The second-order valence-electron chi connectivity index (χ2n) is 3.77. The number of thioether (sulfide) groups is 1. The summed E-state index contributed by atoms with van der Waals surface area (Å²) in [6.07, 6.45) is 7.04. The zero-order chi connectivity index (χ0) is 13.4. The van der Waals surface area contributed by atoms with Crippen LogP contribution in [-0.4, -0.2) is 5.75 Å². The third-order valence-electron chi connectivity index (χ3n) is 2.55. The second kappa shape index (κ2) is 7.58. The van der Waals surface area contributed by atoms with Crippen molar-refractivity contribution in [2.24, 2.45) is 0 Å². The lowest BCUT2D eigenvalue weighted by molar-refractivity contribution is 1.11. The van der Waals surface area contributed by atoms with Gasteiger partial charge < -0.3 is 0 Å². The van der Waals surface area contributed by atoms with E-state index in [2.05, 4.69) is 31.9 Å². The molecule has 0 amide bonds. The molecular formula is C16H17NS. The molecule has 0 aromatic heterocycles. The Labute approximate surface area is 114 Å². The quantitative estimate of drug-likeness (QED) is 0.536. The lowest BCUT2D eigenvalue weighted by Gasteiger charge is -2.12. The van der Waals surface area contributed by atoms with Crippen LogP contribution in [0.3, 0.4) is 0 Å². The molecule has 0 fully saturated rings. The van der Waals surface area contributed by atoms with E-state index in [0.29, 0.717) is 6.42 Å². The molecule has 0 saturated carbocycles. The molecule has 0 aliphatic carbocycles. The molecule has 0 heterocycles. The summed E-state index contributed by atoms with van der Waals surface area (Å²) in [7, 11) is 0. The molecule has 0 unspecified atom stereocenters. The Morgan fingerprint density at radius 1 is 1.11 bits per heavy atom. The van der Waals surface area contributed by atoms with Gasteiger partial charge in [-0.3, -0.25) is 0 Å². The monoisotopic (exact) mass is 255 g/mol. The van der Waals surface area contributed by atoms with Crippen molar-refractivity contribution in [1.29, 1.82) is 5.26 Å². The normalized spacial score (nSPS) is 9.50. The molecule has 0 bridgehead atoms. The minimum absolute atomic E-state index is 0.717. The van der Waals surface area contributed by atoms with Gasteiger partial charge in [0.05, 0.1) is 5.56 Å². The van der Waals surface area contributed by atoms with Crippen molar-refractivity contribution < 1.29 is 0 Å². The number of nitriles is 1. The summed E-state index contributed by atoms with van der Waals surface area (Å²) in [4.78, 5) is 1.02. The zero-order valence-electron chi connectivity index (χ0n) is 10.5. The lowest BCUT2D eigenvalue weighted by atomic mass is 9.96. The second-order valence-corrected chi connectivity index (χ2v) is 4.84. The molecule has 1 rings (SSSR count). The standard InChI is InChI=1S/C16H17NS/c1-4-7-13-9-10-16(18-11-6-3)15(12-17)14(13)8-5-2/h4-6,9-10H,1-3,7-8,11H2. The molecule has 0 radical (unpaired) electrons. The smallest absolute Gasteiger partial charge is 0.101 e. The van der Waals surface area contributed by atoms with Crippen LogP contribution in [0.5, 0.6) is 0 Å². The first-order valence-electron chi connectivity index (χ1n) is 5.78. The van der Waals surface area contributed by atoms with Crippen LogP contribution >= 0.6 is 11.8 Å². The highest BCUT2D eigenvalue weighted by Gasteiger charge is 2.11. The Balaban J connectivity index is 3.27. The molecule has 1 nitrogen and oxygen atoms in total. The molecular weight excluding hydrogens is 238 g/mol. The fraction of sp³-hybridized carbons (Fsp3) is 0.188. The van der Waals surface area contributed by atoms with E-state index in [1.54, 1.807) is 11.8 Å². The summed E-state index contributed by atoms with van der Waals surface area (Å²) >= 11 is 1.64. The van der Waals surface area contributed by atoms with Gasteiger partial charge in [-0.2, -0.15) is 5.26 Å². The summed E-state index contributed by atoms with van der Waals surface area (Å²) < 4.78 is 0. The molecule has 18 heavy (non-hydrogen) atoms. The van der Waals surface area contributed by atoms with Gasteiger partial charge in [0.2, 0.25) is 0 Å². The fourth-order valence-electron chi connectivity index (χ4n) is 1.79. The van der Waals surface area contributed by atoms with E-state index in [9.17, 15) is 5.26 Å². The number of hydrogen-bond donors (Lipinski definition) is 0. The van der Waals surface area contributed by atoms with Crippen molar-refractivity contribution in [2.75, 3.05) is 5.75 Å². The van der Waals surface area contributed by atoms with Crippen molar-refractivity contribution in [3.63, 3.8) is 0 Å². The number of hydrogen-bond acceptors (Lipinski definition) is 2. The lowest BCUT2D eigenvalue weighted by Crippen LogP contribution is -1.98. The van der Waals surface area contributed by atoms with E-state index in [-0.39, 0.29) is 0 Å². The van der Waals surface area contributed by atoms with Gasteiger partial charge in [0.15, 0.2) is 0 Å². The van der Waals surface area contributed by atoms with E-state index in [1.165, 1.54) is 0 Å². The number of nitrogens with zero attached hydrogens (tertiary/aromatic N) is 1. The molecule has 0 spiro atoms. The third kappa shape index (κ3) is 3.38. The molecule has 92 valence electrons. The molecule has 0 atom stereocenters. The summed E-state index contributed by atoms with van der Waals surface area (Å²) in [5.74, 6) is 0.809. The number of allylic oxidation sites excluding steroid dienone is 2. The Hall–Kier alpha value is -1.72. The minimum Gasteiger partial charge on any atom is -0.192 e. The minimum atomic E-state index is 0.717. The summed E-state index contributed by atoms with van der Waals surface area (Å²) in [5, 5.41) is 9.37. The van der Waals surface area contributed by atoms with Gasteiger partial charge in [-0.05, 0) is 30.0 Å². The van der Waals surface area contributed by atoms with Crippen molar-refractivity contribution in [3.8, 4) is 6.07 Å². The molecule has 0 N–H and O–H groups in total. The molecule has 0 aliphatic heterocycles. The topological polar surface area (TPSA) is 23.8 Å². The van der Waals surface area contributed by atoms with Crippen LogP contribution in [0.25, 0.3) is 0 Å². The van der Waals surface area contributed by atoms with E-state index < -0.39 is 0 Å². The predicted octanol–water partition coefficient (Wildman–Crippen LogP) is 4.29. The highest BCUT2D eigenvalue weighted by Crippen LogP contribution is 2.28. The highest BCUT2D eigenvalue weighted by atomic mass is 32.2. The van der Waals surface area contributed by atoms with Crippen LogP contribution in [0, 0.1) is 11.3 Å². The van der Waals surface area contributed by atoms with Crippen molar-refractivity contribution in [2.45, 2.75) is 17.7 Å². The number of rotatable bonds is 7. The first kappa shape index (κ1) is 14.3. The van der Waals surface area contributed by atoms with Gasteiger partial charge in [0, 0.05) is 10.6 Å². The SMILES string of the molecule is C=CCSc1ccc(CC=C)c(CC=C)c1C#N. The fourth-order valence-corrected chi connectivity index (χ4v) is 2.56. The maximum atomic E-state index is 9.37. The van der Waals surface area contributed by atoms with E-state index >= 15 is 0 Å². The maximum Gasteiger partial charge on any atom is 0.101 e. The van der Waals surface area contributed by atoms with Gasteiger partial charge in [-0.15, -0.1) is 31.5 Å². The summed E-state index contributed by atoms with van der Waals surface area (Å²) in [6, 6.07) is 6.41. The average Bonchev–Trinajstić information content (AvgIpc) is 2.39. The molecule has 2 heteroatoms. The molecule has 0 saturated heterocycles. The van der Waals surface area contributed by atoms with Crippen LogP contribution < -0.4 is 0 Å². The van der Waals surface area contributed by atoms with Crippen molar-refractivity contribution in [1.82, 2.24) is 0 Å². The molecule has 1 aromatic rings. The molecule has 0 aliphatic rings. The van der Waals surface area contributed by atoms with Crippen LogP contribution in [0.15, 0.2) is 55.0 Å². The average molecular weight is 255 g/mol. The van der Waals surface area contributed by atoms with Gasteiger partial charge in [0.25, 0.3) is 0 Å². The zero-order valence-corrected chi connectivity index (χ0v) is 11.3. The Kier molecular flexibility index (Phi) is 6.04. The van der Waals surface area contributed by atoms with E-state index in [4.69, 9.17) is 0 Å². The largest absolute Gasteiger partial charge is 0.192 e. The van der Waals surface area contributed by atoms with Crippen molar-refractivity contribution >= 4 is 11.8 Å². The van der Waals surface area contributed by atoms with E-state index in [0.717, 1.165) is 33.8 Å². The van der Waals surface area contributed by atoms with Gasteiger partial charge in [-0.25, -0.2) is 0 Å². The molecule has 1 aromatic carbocycles. The van der Waals surface area contributed by atoms with Gasteiger partial charge in [0.1, 0.15) is 6.07 Å². The highest BCUT2D eigenvalue weighted by molar-refractivity contribution is 7.99. The van der Waals surface area contributed by atoms with Crippen LogP contribution in [0.2, 0.25) is 0 Å². The van der Waals surface area contributed by atoms with Gasteiger partial charge >= 0.3 is 0 Å². The Morgan fingerprint density at radius 3 is 2.39 bits per heavy atom. The maximum absolute atomic E-state index is 9.37. The van der Waals surface area contributed by atoms with Crippen molar-refractivity contribution in [3.05, 3.63) is 66.8 Å². The summed E-state index contributed by atoms with van der Waals surface area (Å²) in [6.45, 7) is 11.2. The first-order chi connectivity index (χ1) is 8.78. The van der Waals surface area contributed by atoms with Crippen LogP contribution in [0.4, 0.5) is 0 Å². The summed E-state index contributed by atoms with van der Waals surface area (Å²) in [5.41, 5.74) is 2.99. The number of benzene rings is 1. The first-order valence-corrected chi connectivity index (χ1v) is 6.77. The Bertz CT molecular complexity index is 495. The van der Waals surface area contributed by atoms with E-state index in [1.807, 2.05) is 24.3 Å². The Morgan fingerprint density at radius 2 is 1.83 bits per heavy atom. The van der Waals surface area contributed by atoms with Gasteiger partial charge in [-0.1, -0.05) is 24.3 Å². The van der Waals surface area contributed by atoms with Crippen LogP contribution in [0.1, 0.15) is 16.7 Å². The third-order valence-corrected chi connectivity index (χ3v) is 3.61. The van der Waals surface area contributed by atoms with Crippen LogP contribution in [-0.2, 0) is 12.8 Å².